The van der Waals surface area contributed by atoms with Gasteiger partial charge in [0.2, 0.25) is 0 Å². The predicted molar refractivity (Wildman–Crippen MR) is 123 cm³/mol. The highest BCUT2D eigenvalue weighted by Crippen LogP contribution is 2.20. The van der Waals surface area contributed by atoms with Gasteiger partial charge in [0.15, 0.2) is 5.96 Å². The number of benzene rings is 1. The number of piperazine rings is 1. The third-order valence-corrected chi connectivity index (χ3v) is 6.08. The Morgan fingerprint density at radius 2 is 1.97 bits per heavy atom. The van der Waals surface area contributed by atoms with Crippen LogP contribution >= 0.6 is 0 Å². The predicted octanol–water partition coefficient (Wildman–Crippen LogP) is 1.90. The molecule has 1 unspecified atom stereocenters. The fourth-order valence-electron chi connectivity index (χ4n) is 4.31. The maximum absolute atomic E-state index is 14.0. The third-order valence-electron chi connectivity index (χ3n) is 6.08. The average Bonchev–Trinajstić information content (AvgIpc) is 3.26. The topological polar surface area (TPSA) is 52.6 Å². The van der Waals surface area contributed by atoms with E-state index in [1.54, 1.807) is 13.2 Å². The van der Waals surface area contributed by atoms with E-state index < -0.39 is 0 Å². The summed E-state index contributed by atoms with van der Waals surface area (Å²) in [7, 11) is 3.55. The molecule has 0 amide bonds. The van der Waals surface area contributed by atoms with Crippen LogP contribution in [-0.4, -0.2) is 102 Å². The van der Waals surface area contributed by atoms with Gasteiger partial charge in [-0.25, -0.2) is 4.39 Å². The molecule has 2 fully saturated rings. The van der Waals surface area contributed by atoms with E-state index in [1.165, 1.54) is 6.07 Å². The van der Waals surface area contributed by atoms with Gasteiger partial charge in [0, 0.05) is 65.9 Å². The number of anilines is 1. The first-order valence-corrected chi connectivity index (χ1v) is 11.5. The molecule has 1 aromatic carbocycles. The Labute approximate surface area is 186 Å². The molecular formula is C23H38FN5O2. The molecule has 7 nitrogen and oxygen atoms in total. The molecule has 1 aromatic rings. The van der Waals surface area contributed by atoms with Crippen LogP contribution in [-0.2, 0) is 9.47 Å². The van der Waals surface area contributed by atoms with E-state index in [4.69, 9.17) is 9.47 Å². The number of hydrogen-bond donors (Lipinski definition) is 1. The van der Waals surface area contributed by atoms with E-state index in [1.807, 2.05) is 19.2 Å². The maximum atomic E-state index is 14.0. The zero-order valence-corrected chi connectivity index (χ0v) is 19.1. The number of guanidine groups is 1. The van der Waals surface area contributed by atoms with E-state index in [2.05, 4.69) is 25.0 Å². The summed E-state index contributed by atoms with van der Waals surface area (Å²) in [5.41, 5.74) is 0.723. The van der Waals surface area contributed by atoms with Crippen molar-refractivity contribution in [3.63, 3.8) is 0 Å². The van der Waals surface area contributed by atoms with Crippen molar-refractivity contribution >= 4 is 11.6 Å². The van der Waals surface area contributed by atoms with Crippen LogP contribution in [0.4, 0.5) is 10.1 Å². The van der Waals surface area contributed by atoms with E-state index in [9.17, 15) is 4.39 Å². The van der Waals surface area contributed by atoms with Gasteiger partial charge in [-0.2, -0.15) is 0 Å². The second-order valence-corrected chi connectivity index (χ2v) is 8.28. The number of halogens is 1. The van der Waals surface area contributed by atoms with Gasteiger partial charge in [-0.3, -0.25) is 9.89 Å². The van der Waals surface area contributed by atoms with E-state index in [0.29, 0.717) is 19.1 Å². The van der Waals surface area contributed by atoms with E-state index in [0.717, 1.165) is 83.5 Å². The van der Waals surface area contributed by atoms with Crippen LogP contribution in [0.2, 0.25) is 0 Å². The van der Waals surface area contributed by atoms with Crippen molar-refractivity contribution in [1.29, 1.82) is 0 Å². The molecule has 1 N–H and O–H groups in total. The van der Waals surface area contributed by atoms with Crippen molar-refractivity contribution in [1.82, 2.24) is 15.1 Å². The van der Waals surface area contributed by atoms with Crippen molar-refractivity contribution in [2.24, 2.45) is 10.9 Å². The van der Waals surface area contributed by atoms with Gasteiger partial charge in [0.1, 0.15) is 5.82 Å². The Kier molecular flexibility index (Phi) is 9.84. The fraction of sp³-hybridized carbons (Fsp3) is 0.696. The van der Waals surface area contributed by atoms with Gasteiger partial charge in [0.25, 0.3) is 0 Å². The molecule has 2 aliphatic rings. The highest BCUT2D eigenvalue weighted by molar-refractivity contribution is 5.80. The van der Waals surface area contributed by atoms with Crippen molar-refractivity contribution < 1.29 is 13.9 Å². The summed E-state index contributed by atoms with van der Waals surface area (Å²) in [6.07, 6.45) is 2.20. The van der Waals surface area contributed by atoms with Gasteiger partial charge in [-0.1, -0.05) is 12.1 Å². The number of nitrogens with zero attached hydrogens (tertiary/aromatic N) is 4. The lowest BCUT2D eigenvalue weighted by Gasteiger charge is -2.36. The van der Waals surface area contributed by atoms with Crippen molar-refractivity contribution in [3.05, 3.63) is 30.1 Å². The summed E-state index contributed by atoms with van der Waals surface area (Å²) in [5.74, 6) is 1.42. The number of methoxy groups -OCH3 is 1. The van der Waals surface area contributed by atoms with Gasteiger partial charge in [0.05, 0.1) is 25.5 Å². The van der Waals surface area contributed by atoms with Crippen LogP contribution in [0.25, 0.3) is 0 Å². The second-order valence-electron chi connectivity index (χ2n) is 8.28. The van der Waals surface area contributed by atoms with E-state index >= 15 is 0 Å². The Balaban J connectivity index is 1.29. The first-order chi connectivity index (χ1) is 15.2. The Morgan fingerprint density at radius 1 is 1.16 bits per heavy atom. The minimum Gasteiger partial charge on any atom is -0.382 e. The number of aliphatic imine (C=N–C) groups is 1. The van der Waals surface area contributed by atoms with E-state index in [-0.39, 0.29) is 5.82 Å². The standard InChI is InChI=1S/C23H38FN5O2/c1-25-23(29-11-8-20(18-29)19-31-17-16-30-2)26-9-5-10-27-12-14-28(15-13-27)22-7-4-3-6-21(22)24/h3-4,6-7,20H,5,8-19H2,1-2H3,(H,25,26). The summed E-state index contributed by atoms with van der Waals surface area (Å²) in [4.78, 5) is 11.4. The van der Waals surface area contributed by atoms with Gasteiger partial charge in [-0.15, -0.1) is 0 Å². The monoisotopic (exact) mass is 435 g/mol. The second kappa shape index (κ2) is 12.8. The first kappa shape index (κ1) is 23.8. The molecule has 0 aliphatic carbocycles. The molecule has 2 aliphatic heterocycles. The number of rotatable bonds is 10. The molecule has 1 atom stereocenters. The molecule has 0 aromatic heterocycles. The van der Waals surface area contributed by atoms with Gasteiger partial charge >= 0.3 is 0 Å². The molecule has 0 radical (unpaired) electrons. The normalized spacial score (nSPS) is 20.5. The van der Waals surface area contributed by atoms with Crippen LogP contribution in [0.1, 0.15) is 12.8 Å². The smallest absolute Gasteiger partial charge is 0.193 e. The van der Waals surface area contributed by atoms with Crippen molar-refractivity contribution in [3.8, 4) is 0 Å². The number of likely N-dealkylation sites (tertiary alicyclic amines) is 1. The molecule has 0 bridgehead atoms. The van der Waals surface area contributed by atoms with Crippen LogP contribution < -0.4 is 10.2 Å². The number of nitrogens with one attached hydrogen (secondary N) is 1. The van der Waals surface area contributed by atoms with Crippen LogP contribution in [0, 0.1) is 11.7 Å². The molecule has 3 rings (SSSR count). The lowest BCUT2D eigenvalue weighted by atomic mass is 10.1. The highest BCUT2D eigenvalue weighted by atomic mass is 19.1. The number of hydrogen-bond acceptors (Lipinski definition) is 5. The average molecular weight is 436 g/mol. The number of ether oxygens (including phenoxy) is 2. The lowest BCUT2D eigenvalue weighted by molar-refractivity contribution is 0.0536. The summed E-state index contributed by atoms with van der Waals surface area (Å²) in [6, 6.07) is 7.06. The highest BCUT2D eigenvalue weighted by Gasteiger charge is 2.25. The molecule has 174 valence electrons. The molecule has 2 heterocycles. The van der Waals surface area contributed by atoms with Crippen LogP contribution in [0.15, 0.2) is 29.3 Å². The van der Waals surface area contributed by atoms with Gasteiger partial charge in [-0.05, 0) is 31.5 Å². The molecule has 31 heavy (non-hydrogen) atoms. The van der Waals surface area contributed by atoms with Gasteiger partial charge < -0.3 is 24.6 Å². The fourth-order valence-corrected chi connectivity index (χ4v) is 4.31. The summed E-state index contributed by atoms with van der Waals surface area (Å²) in [5, 5.41) is 3.52. The maximum Gasteiger partial charge on any atom is 0.193 e. The quantitative estimate of drug-likeness (QED) is 0.344. The molecular weight excluding hydrogens is 397 g/mol. The number of para-hydroxylation sites is 1. The Morgan fingerprint density at radius 3 is 2.71 bits per heavy atom. The Hall–Kier alpha value is -1.90. The Bertz CT molecular complexity index is 682. The summed E-state index contributed by atoms with van der Waals surface area (Å²) < 4.78 is 24.7. The molecule has 2 saturated heterocycles. The minimum atomic E-state index is -0.128. The largest absolute Gasteiger partial charge is 0.382 e. The van der Waals surface area contributed by atoms with Crippen molar-refractivity contribution in [2.45, 2.75) is 12.8 Å². The zero-order valence-electron chi connectivity index (χ0n) is 19.1. The summed E-state index contributed by atoms with van der Waals surface area (Å²) >= 11 is 0. The zero-order chi connectivity index (χ0) is 21.9. The van der Waals surface area contributed by atoms with Crippen LogP contribution in [0.5, 0.6) is 0 Å². The van der Waals surface area contributed by atoms with Crippen LogP contribution in [0.3, 0.4) is 0 Å². The van der Waals surface area contributed by atoms with Crippen molar-refractivity contribution in [2.75, 3.05) is 91.2 Å². The third kappa shape index (κ3) is 7.33. The SMILES string of the molecule is CN=C(NCCCN1CCN(c2ccccc2F)CC1)N1CCC(COCCOC)C1. The molecule has 8 heteroatoms. The lowest BCUT2D eigenvalue weighted by Crippen LogP contribution is -2.47. The summed E-state index contributed by atoms with van der Waals surface area (Å²) in [6.45, 7) is 9.76. The molecule has 0 spiro atoms. The first-order valence-electron chi connectivity index (χ1n) is 11.5. The molecule has 0 saturated carbocycles. The minimum absolute atomic E-state index is 0.128.